The van der Waals surface area contributed by atoms with Gasteiger partial charge in [0.25, 0.3) is 0 Å². The molecule has 3 nitrogen and oxygen atoms in total. The number of rotatable bonds is 2. The van der Waals surface area contributed by atoms with Crippen molar-refractivity contribution in [1.82, 2.24) is 0 Å². The van der Waals surface area contributed by atoms with Crippen LogP contribution in [-0.2, 0) is 6.61 Å². The molecule has 0 saturated carbocycles. The van der Waals surface area contributed by atoms with Gasteiger partial charge in [-0.2, -0.15) is 0 Å². The maximum Gasteiger partial charge on any atom is 0.220 e. The van der Waals surface area contributed by atoms with Gasteiger partial charge in [-0.1, -0.05) is 26.0 Å². The maximum absolute atomic E-state index is 11.4. The van der Waals surface area contributed by atoms with Gasteiger partial charge in [-0.15, -0.1) is 0 Å². The van der Waals surface area contributed by atoms with E-state index in [1.807, 2.05) is 13.8 Å². The van der Waals surface area contributed by atoms with Gasteiger partial charge in [0.15, 0.2) is 5.75 Å². The molecule has 2 N–H and O–H groups in total. The van der Waals surface area contributed by atoms with Gasteiger partial charge in [-0.25, -0.2) is 0 Å². The monoisotopic (exact) mass is 194 g/mol. The van der Waals surface area contributed by atoms with E-state index in [0.29, 0.717) is 0 Å². The van der Waals surface area contributed by atoms with Crippen molar-refractivity contribution in [3.05, 3.63) is 39.5 Å². The van der Waals surface area contributed by atoms with E-state index in [1.54, 1.807) is 12.1 Å². The molecule has 0 aliphatic rings. The molecule has 1 aromatic rings. The average Bonchev–Trinajstić information content (AvgIpc) is 2.28. The Morgan fingerprint density at radius 1 is 1.36 bits per heavy atom. The fourth-order valence-electron chi connectivity index (χ4n) is 1.19. The molecule has 0 aromatic heterocycles. The summed E-state index contributed by atoms with van der Waals surface area (Å²) in [7, 11) is 0. The second-order valence-electron chi connectivity index (χ2n) is 3.53. The van der Waals surface area contributed by atoms with Crippen LogP contribution in [0.15, 0.2) is 23.0 Å². The third kappa shape index (κ3) is 2.12. The molecule has 0 spiro atoms. The maximum atomic E-state index is 11.4. The van der Waals surface area contributed by atoms with E-state index in [-0.39, 0.29) is 23.8 Å². The van der Waals surface area contributed by atoms with Crippen molar-refractivity contribution in [2.45, 2.75) is 26.4 Å². The summed E-state index contributed by atoms with van der Waals surface area (Å²) >= 11 is 0. The van der Waals surface area contributed by atoms with Crippen molar-refractivity contribution in [2.75, 3.05) is 0 Å². The van der Waals surface area contributed by atoms with Gasteiger partial charge in [-0.3, -0.25) is 4.79 Å². The average molecular weight is 194 g/mol. The van der Waals surface area contributed by atoms with Crippen LogP contribution in [0.3, 0.4) is 0 Å². The highest BCUT2D eigenvalue weighted by atomic mass is 16.3. The topological polar surface area (TPSA) is 57.5 Å². The summed E-state index contributed by atoms with van der Waals surface area (Å²) < 4.78 is 0. The molecule has 0 unspecified atom stereocenters. The van der Waals surface area contributed by atoms with Gasteiger partial charge in [0.2, 0.25) is 5.43 Å². The Morgan fingerprint density at radius 2 is 2.00 bits per heavy atom. The second-order valence-corrected chi connectivity index (χ2v) is 3.53. The molecule has 0 saturated heterocycles. The summed E-state index contributed by atoms with van der Waals surface area (Å²) in [6, 6.07) is 4.72. The Balaban J connectivity index is 3.41. The Morgan fingerprint density at radius 3 is 2.50 bits per heavy atom. The van der Waals surface area contributed by atoms with Gasteiger partial charge in [0.1, 0.15) is 0 Å². The summed E-state index contributed by atoms with van der Waals surface area (Å²) in [6.07, 6.45) is 0. The summed E-state index contributed by atoms with van der Waals surface area (Å²) in [6.45, 7) is 3.60. The summed E-state index contributed by atoms with van der Waals surface area (Å²) in [5.74, 6) is -0.138. The number of aliphatic hydroxyl groups is 1. The molecule has 0 amide bonds. The first-order valence-corrected chi connectivity index (χ1v) is 4.53. The highest BCUT2D eigenvalue weighted by molar-refractivity contribution is 5.33. The molecule has 0 atom stereocenters. The first-order valence-electron chi connectivity index (χ1n) is 4.53. The molecule has 14 heavy (non-hydrogen) atoms. The first kappa shape index (κ1) is 10.7. The molecule has 0 fully saturated rings. The zero-order chi connectivity index (χ0) is 10.7. The van der Waals surface area contributed by atoms with E-state index >= 15 is 0 Å². The number of hydrogen-bond donors (Lipinski definition) is 2. The van der Waals surface area contributed by atoms with Gasteiger partial charge >= 0.3 is 0 Å². The van der Waals surface area contributed by atoms with Crippen LogP contribution in [0.2, 0.25) is 0 Å². The highest BCUT2D eigenvalue weighted by Gasteiger charge is 2.05. The minimum atomic E-state index is -0.442. The van der Waals surface area contributed by atoms with Crippen LogP contribution in [0.25, 0.3) is 0 Å². The molecule has 3 heteroatoms. The minimum Gasteiger partial charge on any atom is -0.504 e. The number of aliphatic hydroxyl groups excluding tert-OH is 1. The minimum absolute atomic E-state index is 0.223. The Hall–Kier alpha value is -1.35. The van der Waals surface area contributed by atoms with Crippen LogP contribution >= 0.6 is 0 Å². The molecule has 0 heterocycles. The van der Waals surface area contributed by atoms with Crippen LogP contribution in [0.5, 0.6) is 5.75 Å². The van der Waals surface area contributed by atoms with E-state index < -0.39 is 5.43 Å². The lowest BCUT2D eigenvalue weighted by Crippen LogP contribution is -1.98. The number of aromatic hydroxyl groups is 1. The van der Waals surface area contributed by atoms with Gasteiger partial charge < -0.3 is 10.2 Å². The van der Waals surface area contributed by atoms with Crippen molar-refractivity contribution in [3.63, 3.8) is 0 Å². The van der Waals surface area contributed by atoms with Crippen LogP contribution in [-0.4, -0.2) is 10.2 Å². The number of hydrogen-bond acceptors (Lipinski definition) is 3. The predicted molar refractivity (Wildman–Crippen MR) is 54.4 cm³/mol. The molecular weight excluding hydrogens is 180 g/mol. The molecule has 0 aliphatic heterocycles. The van der Waals surface area contributed by atoms with Crippen LogP contribution in [0.1, 0.15) is 30.9 Å². The summed E-state index contributed by atoms with van der Waals surface area (Å²) in [4.78, 5) is 11.4. The Kier molecular flexibility index (Phi) is 3.25. The lowest BCUT2D eigenvalue weighted by atomic mass is 10.1. The first-order chi connectivity index (χ1) is 6.56. The molecule has 0 aliphatic carbocycles. The molecule has 1 aromatic carbocycles. The van der Waals surface area contributed by atoms with Crippen molar-refractivity contribution < 1.29 is 10.2 Å². The molecule has 1 rings (SSSR count). The largest absolute Gasteiger partial charge is 0.504 e. The standard InChI is InChI=1S/C11H14O3/c1-7(2)8-3-4-9(6-12)11(14)10(13)5-8/h3-5,7,12H,6H2,1-2H3,(H,13,14). The molecule has 0 radical (unpaired) electrons. The second kappa shape index (κ2) is 4.24. The van der Waals surface area contributed by atoms with Gasteiger partial charge in [0, 0.05) is 5.56 Å². The summed E-state index contributed by atoms with van der Waals surface area (Å²) in [5, 5.41) is 18.3. The van der Waals surface area contributed by atoms with Gasteiger partial charge in [-0.05, 0) is 17.5 Å². The highest BCUT2D eigenvalue weighted by Crippen LogP contribution is 2.15. The van der Waals surface area contributed by atoms with E-state index in [9.17, 15) is 9.90 Å². The van der Waals surface area contributed by atoms with Crippen LogP contribution in [0, 0.1) is 0 Å². The summed E-state index contributed by atoms with van der Waals surface area (Å²) in [5.41, 5.74) is 0.676. The smallest absolute Gasteiger partial charge is 0.220 e. The van der Waals surface area contributed by atoms with E-state index in [1.165, 1.54) is 6.07 Å². The van der Waals surface area contributed by atoms with E-state index in [4.69, 9.17) is 5.11 Å². The van der Waals surface area contributed by atoms with Crippen molar-refractivity contribution in [2.24, 2.45) is 0 Å². The lowest BCUT2D eigenvalue weighted by Gasteiger charge is -1.99. The van der Waals surface area contributed by atoms with Crippen molar-refractivity contribution in [3.8, 4) is 5.75 Å². The third-order valence-corrected chi connectivity index (χ3v) is 2.15. The zero-order valence-electron chi connectivity index (χ0n) is 8.32. The molecule has 76 valence electrons. The third-order valence-electron chi connectivity index (χ3n) is 2.15. The predicted octanol–water partition coefficient (Wildman–Crippen LogP) is 1.37. The van der Waals surface area contributed by atoms with E-state index in [0.717, 1.165) is 5.56 Å². The quantitative estimate of drug-likeness (QED) is 0.747. The normalized spacial score (nSPS) is 10.6. The zero-order valence-corrected chi connectivity index (χ0v) is 8.32. The molecule has 0 bridgehead atoms. The van der Waals surface area contributed by atoms with Crippen molar-refractivity contribution in [1.29, 1.82) is 0 Å². The fraction of sp³-hybridized carbons (Fsp3) is 0.364. The fourth-order valence-corrected chi connectivity index (χ4v) is 1.19. The Labute approximate surface area is 82.7 Å². The van der Waals surface area contributed by atoms with Crippen molar-refractivity contribution >= 4 is 0 Å². The SMILES string of the molecule is CC(C)c1ccc(CO)c(O)c(=O)c1. The lowest BCUT2D eigenvalue weighted by molar-refractivity contribution is 0.275. The Bertz CT molecular complexity index is 383. The van der Waals surface area contributed by atoms with Gasteiger partial charge in [0.05, 0.1) is 6.61 Å². The molecular formula is C11H14O3. The van der Waals surface area contributed by atoms with Crippen LogP contribution in [0.4, 0.5) is 0 Å². The van der Waals surface area contributed by atoms with E-state index in [2.05, 4.69) is 0 Å². The van der Waals surface area contributed by atoms with Crippen LogP contribution < -0.4 is 5.43 Å².